The molecule has 4 nitrogen and oxygen atoms in total. The van der Waals surface area contributed by atoms with Crippen molar-refractivity contribution in [2.75, 3.05) is 12.3 Å². The van der Waals surface area contributed by atoms with Crippen molar-refractivity contribution in [3.05, 3.63) is 29.8 Å². The molecule has 0 heterocycles. The third-order valence-electron chi connectivity index (χ3n) is 3.80. The first kappa shape index (κ1) is 15.5. The minimum Gasteiger partial charge on any atom is -0.399 e. The van der Waals surface area contributed by atoms with Crippen LogP contribution >= 0.6 is 0 Å². The maximum atomic E-state index is 12.0. The summed E-state index contributed by atoms with van der Waals surface area (Å²) in [5.41, 5.74) is 13.0. The number of carbonyl (C=O) groups excluding carboxylic acids is 1. The standard InChI is InChI=1S/C15H25N3O/c1-11(2)15(3,10-16)18-14(19)9-8-12-6-4-5-7-13(12)17/h4-7,11H,8-10,16-17H2,1-3H3,(H,18,19). The van der Waals surface area contributed by atoms with Gasteiger partial charge in [0.2, 0.25) is 5.91 Å². The van der Waals surface area contributed by atoms with Crippen LogP contribution in [0.25, 0.3) is 0 Å². The molecule has 0 saturated carbocycles. The summed E-state index contributed by atoms with van der Waals surface area (Å²) in [6.45, 7) is 6.53. The number of nitrogen functional groups attached to an aromatic ring is 1. The number of amides is 1. The Balaban J connectivity index is 2.55. The molecule has 0 fully saturated rings. The van der Waals surface area contributed by atoms with E-state index in [4.69, 9.17) is 11.5 Å². The normalized spacial score (nSPS) is 14.2. The molecule has 0 saturated heterocycles. The largest absolute Gasteiger partial charge is 0.399 e. The molecule has 106 valence electrons. The van der Waals surface area contributed by atoms with Crippen LogP contribution in [0.1, 0.15) is 32.8 Å². The Bertz CT molecular complexity index is 431. The fraction of sp³-hybridized carbons (Fsp3) is 0.533. The van der Waals surface area contributed by atoms with Gasteiger partial charge in [-0.1, -0.05) is 32.0 Å². The number of aryl methyl sites for hydroxylation is 1. The molecule has 1 aromatic carbocycles. The van der Waals surface area contributed by atoms with Crippen molar-refractivity contribution >= 4 is 11.6 Å². The smallest absolute Gasteiger partial charge is 0.220 e. The Morgan fingerprint density at radius 1 is 1.37 bits per heavy atom. The van der Waals surface area contributed by atoms with E-state index in [1.807, 2.05) is 31.2 Å². The van der Waals surface area contributed by atoms with E-state index >= 15 is 0 Å². The van der Waals surface area contributed by atoms with Crippen LogP contribution < -0.4 is 16.8 Å². The number of benzene rings is 1. The van der Waals surface area contributed by atoms with Gasteiger partial charge < -0.3 is 16.8 Å². The van der Waals surface area contributed by atoms with Gasteiger partial charge in [-0.15, -0.1) is 0 Å². The minimum absolute atomic E-state index is 0.0184. The van der Waals surface area contributed by atoms with Gasteiger partial charge in [-0.2, -0.15) is 0 Å². The van der Waals surface area contributed by atoms with Crippen molar-refractivity contribution in [1.82, 2.24) is 5.32 Å². The lowest BCUT2D eigenvalue weighted by Gasteiger charge is -2.33. The second-order valence-corrected chi connectivity index (χ2v) is 5.52. The Hall–Kier alpha value is -1.55. The van der Waals surface area contributed by atoms with E-state index in [9.17, 15) is 4.79 Å². The van der Waals surface area contributed by atoms with Crippen molar-refractivity contribution < 1.29 is 4.79 Å². The monoisotopic (exact) mass is 263 g/mol. The molecular weight excluding hydrogens is 238 g/mol. The number of rotatable bonds is 6. The number of nitrogens with one attached hydrogen (secondary N) is 1. The molecule has 0 aromatic heterocycles. The van der Waals surface area contributed by atoms with Crippen LogP contribution in [0.5, 0.6) is 0 Å². The summed E-state index contributed by atoms with van der Waals surface area (Å²) in [4.78, 5) is 12.0. The summed E-state index contributed by atoms with van der Waals surface area (Å²) in [5.74, 6) is 0.313. The molecule has 0 aliphatic carbocycles. The van der Waals surface area contributed by atoms with Crippen LogP contribution in [0.3, 0.4) is 0 Å². The summed E-state index contributed by atoms with van der Waals surface area (Å²) < 4.78 is 0. The summed E-state index contributed by atoms with van der Waals surface area (Å²) in [7, 11) is 0. The van der Waals surface area contributed by atoms with Crippen molar-refractivity contribution in [1.29, 1.82) is 0 Å². The molecule has 1 rings (SSSR count). The molecule has 1 amide bonds. The predicted octanol–water partition coefficient (Wildman–Crippen LogP) is 1.69. The quantitative estimate of drug-likeness (QED) is 0.683. The maximum Gasteiger partial charge on any atom is 0.220 e. The van der Waals surface area contributed by atoms with Gasteiger partial charge in [0.1, 0.15) is 0 Å². The predicted molar refractivity (Wildman–Crippen MR) is 79.6 cm³/mol. The van der Waals surface area contributed by atoms with Crippen LogP contribution in [-0.4, -0.2) is 18.0 Å². The molecule has 0 spiro atoms. The first-order valence-corrected chi connectivity index (χ1v) is 6.73. The Labute approximate surface area is 115 Å². The molecule has 1 unspecified atom stereocenters. The number of para-hydroxylation sites is 1. The third-order valence-corrected chi connectivity index (χ3v) is 3.80. The number of carbonyl (C=O) groups is 1. The van der Waals surface area contributed by atoms with Gasteiger partial charge in [0.05, 0.1) is 5.54 Å². The van der Waals surface area contributed by atoms with E-state index in [1.54, 1.807) is 0 Å². The van der Waals surface area contributed by atoms with Gasteiger partial charge >= 0.3 is 0 Å². The number of anilines is 1. The lowest BCUT2D eigenvalue weighted by atomic mass is 9.88. The average molecular weight is 263 g/mol. The molecule has 0 bridgehead atoms. The molecule has 0 radical (unpaired) electrons. The summed E-state index contributed by atoms with van der Waals surface area (Å²) in [6, 6.07) is 7.63. The van der Waals surface area contributed by atoms with Gasteiger partial charge in [-0.05, 0) is 30.9 Å². The van der Waals surface area contributed by atoms with Crippen molar-refractivity contribution in [2.24, 2.45) is 11.7 Å². The molecule has 19 heavy (non-hydrogen) atoms. The van der Waals surface area contributed by atoms with E-state index in [0.717, 1.165) is 11.3 Å². The summed E-state index contributed by atoms with van der Waals surface area (Å²) in [5, 5.41) is 3.03. The highest BCUT2D eigenvalue weighted by molar-refractivity contribution is 5.77. The van der Waals surface area contributed by atoms with Crippen molar-refractivity contribution in [3.63, 3.8) is 0 Å². The van der Waals surface area contributed by atoms with Gasteiger partial charge in [0, 0.05) is 18.7 Å². The molecule has 1 aromatic rings. The first-order valence-electron chi connectivity index (χ1n) is 6.73. The summed E-state index contributed by atoms with van der Waals surface area (Å²) in [6.07, 6.45) is 1.08. The zero-order valence-electron chi connectivity index (χ0n) is 12.1. The molecule has 0 aliphatic heterocycles. The Kier molecular flexibility index (Phi) is 5.36. The van der Waals surface area contributed by atoms with Crippen LogP contribution in [0.2, 0.25) is 0 Å². The van der Waals surface area contributed by atoms with Gasteiger partial charge in [0.25, 0.3) is 0 Å². The van der Waals surface area contributed by atoms with E-state index in [-0.39, 0.29) is 11.4 Å². The number of nitrogens with two attached hydrogens (primary N) is 2. The van der Waals surface area contributed by atoms with Crippen LogP contribution in [0.15, 0.2) is 24.3 Å². The lowest BCUT2D eigenvalue weighted by molar-refractivity contribution is -0.123. The summed E-state index contributed by atoms with van der Waals surface area (Å²) >= 11 is 0. The topological polar surface area (TPSA) is 81.1 Å². The molecule has 0 aliphatic rings. The average Bonchev–Trinajstić information content (AvgIpc) is 2.37. The van der Waals surface area contributed by atoms with E-state index in [0.29, 0.717) is 25.3 Å². The van der Waals surface area contributed by atoms with Gasteiger partial charge in [0.15, 0.2) is 0 Å². The SMILES string of the molecule is CC(C)C(C)(CN)NC(=O)CCc1ccccc1N. The fourth-order valence-electron chi connectivity index (χ4n) is 1.82. The highest BCUT2D eigenvalue weighted by Gasteiger charge is 2.28. The zero-order valence-corrected chi connectivity index (χ0v) is 12.1. The van der Waals surface area contributed by atoms with Crippen LogP contribution in [-0.2, 0) is 11.2 Å². The Morgan fingerprint density at radius 3 is 2.53 bits per heavy atom. The minimum atomic E-state index is -0.348. The van der Waals surface area contributed by atoms with Crippen LogP contribution in [0, 0.1) is 5.92 Å². The van der Waals surface area contributed by atoms with Crippen LogP contribution in [0.4, 0.5) is 5.69 Å². The van der Waals surface area contributed by atoms with Gasteiger partial charge in [-0.25, -0.2) is 0 Å². The van der Waals surface area contributed by atoms with Crippen molar-refractivity contribution in [2.45, 2.75) is 39.2 Å². The molecule has 5 N–H and O–H groups in total. The first-order chi connectivity index (χ1) is 8.89. The lowest BCUT2D eigenvalue weighted by Crippen LogP contribution is -2.55. The Morgan fingerprint density at radius 2 is 2.00 bits per heavy atom. The number of hydrogen-bond acceptors (Lipinski definition) is 3. The van der Waals surface area contributed by atoms with E-state index in [2.05, 4.69) is 19.2 Å². The van der Waals surface area contributed by atoms with Crippen molar-refractivity contribution in [3.8, 4) is 0 Å². The highest BCUT2D eigenvalue weighted by Crippen LogP contribution is 2.16. The molecular formula is C15H25N3O. The molecule has 1 atom stereocenters. The highest BCUT2D eigenvalue weighted by atomic mass is 16.1. The second-order valence-electron chi connectivity index (χ2n) is 5.52. The van der Waals surface area contributed by atoms with E-state index in [1.165, 1.54) is 0 Å². The maximum absolute atomic E-state index is 12.0. The van der Waals surface area contributed by atoms with Gasteiger partial charge in [-0.3, -0.25) is 4.79 Å². The third kappa shape index (κ3) is 4.24. The van der Waals surface area contributed by atoms with E-state index < -0.39 is 0 Å². The number of hydrogen-bond donors (Lipinski definition) is 3. The fourth-order valence-corrected chi connectivity index (χ4v) is 1.82. The second kappa shape index (κ2) is 6.57. The zero-order chi connectivity index (χ0) is 14.5. The molecule has 4 heteroatoms.